The van der Waals surface area contributed by atoms with Crippen LogP contribution in [-0.4, -0.2) is 28.7 Å². The van der Waals surface area contributed by atoms with Crippen LogP contribution in [-0.2, 0) is 4.79 Å². The van der Waals surface area contributed by atoms with Crippen molar-refractivity contribution in [1.29, 1.82) is 0 Å². The minimum absolute atomic E-state index is 0.161. The molecule has 29 heavy (non-hydrogen) atoms. The molecule has 0 saturated heterocycles. The van der Waals surface area contributed by atoms with E-state index in [9.17, 15) is 9.90 Å². The number of carbonyl (C=O) groups is 1. The first-order valence-corrected chi connectivity index (χ1v) is 12.4. The predicted molar refractivity (Wildman–Crippen MR) is 125 cm³/mol. The van der Waals surface area contributed by atoms with Gasteiger partial charge in [-0.15, -0.1) is 0 Å². The zero-order valence-electron chi connectivity index (χ0n) is 20.3. The second kappa shape index (κ2) is 16.1. The molecule has 3 heteroatoms. The lowest BCUT2D eigenvalue weighted by atomic mass is 9.65. The summed E-state index contributed by atoms with van der Waals surface area (Å²) in [5.74, 6) is 1.58. The fraction of sp³-hybridized carbons (Fsp3) is 0.885. The fourth-order valence-electron chi connectivity index (χ4n) is 4.75. The van der Waals surface area contributed by atoms with E-state index in [4.69, 9.17) is 5.11 Å². The topological polar surface area (TPSA) is 57.5 Å². The van der Waals surface area contributed by atoms with Gasteiger partial charge in [-0.05, 0) is 68.6 Å². The molecule has 2 aliphatic carbocycles. The molecule has 2 N–H and O–H groups in total. The van der Waals surface area contributed by atoms with Gasteiger partial charge in [-0.1, -0.05) is 66.5 Å². The van der Waals surface area contributed by atoms with Crippen molar-refractivity contribution in [2.75, 3.05) is 6.61 Å². The molecule has 0 amide bonds. The number of unbranched alkanes of at least 4 members (excludes halogenated alkanes) is 2. The van der Waals surface area contributed by atoms with E-state index in [1.54, 1.807) is 0 Å². The van der Waals surface area contributed by atoms with Gasteiger partial charge in [0.1, 0.15) is 5.78 Å². The first kappa shape index (κ1) is 28.3. The van der Waals surface area contributed by atoms with Gasteiger partial charge in [0.15, 0.2) is 0 Å². The third-order valence-corrected chi connectivity index (χ3v) is 6.84. The Bertz CT molecular complexity index is 439. The molecule has 4 atom stereocenters. The van der Waals surface area contributed by atoms with Crippen LogP contribution >= 0.6 is 0 Å². The van der Waals surface area contributed by atoms with E-state index in [0.29, 0.717) is 17.6 Å². The Labute approximate surface area is 181 Å². The zero-order chi connectivity index (χ0) is 22.3. The normalized spacial score (nSPS) is 26.2. The highest BCUT2D eigenvalue weighted by atomic mass is 16.3. The minimum atomic E-state index is -0.168. The maximum Gasteiger partial charge on any atom is 0.136 e. The number of rotatable bonds is 11. The van der Waals surface area contributed by atoms with Gasteiger partial charge in [-0.3, -0.25) is 4.79 Å². The number of Topliss-reactive ketones (excluding diaryl/α,β-unsaturated/α-hetero) is 1. The van der Waals surface area contributed by atoms with Crippen molar-refractivity contribution in [3.05, 3.63) is 12.2 Å². The fourth-order valence-corrected chi connectivity index (χ4v) is 4.75. The van der Waals surface area contributed by atoms with Crippen LogP contribution in [0, 0.1) is 23.2 Å². The van der Waals surface area contributed by atoms with Crippen LogP contribution in [0.5, 0.6) is 0 Å². The van der Waals surface area contributed by atoms with Crippen molar-refractivity contribution < 1.29 is 15.0 Å². The maximum atomic E-state index is 12.4. The molecule has 2 aliphatic rings. The maximum absolute atomic E-state index is 12.4. The number of aliphatic hydroxyl groups excluding tert-OH is 2. The molecular formula is C26H50O3. The van der Waals surface area contributed by atoms with Crippen LogP contribution in [0.25, 0.3) is 0 Å². The van der Waals surface area contributed by atoms with Crippen LogP contribution in [0.1, 0.15) is 112 Å². The molecule has 0 bridgehead atoms. The van der Waals surface area contributed by atoms with E-state index in [0.717, 1.165) is 64.2 Å². The van der Waals surface area contributed by atoms with Gasteiger partial charge in [0.05, 0.1) is 6.10 Å². The SMILES string of the molecule is CC.CC.C[C@@H]1CC(=O)[C@H](C/C=C\CCCCO)[C@H]1CCCC(O)C1(C)CCC1. The second-order valence-corrected chi connectivity index (χ2v) is 8.80. The van der Waals surface area contributed by atoms with Crippen molar-refractivity contribution in [3.8, 4) is 0 Å². The number of ketones is 1. The molecular weight excluding hydrogens is 360 g/mol. The quantitative estimate of drug-likeness (QED) is 0.294. The van der Waals surface area contributed by atoms with E-state index in [1.807, 2.05) is 27.7 Å². The molecule has 0 aromatic carbocycles. The van der Waals surface area contributed by atoms with Gasteiger partial charge in [0.25, 0.3) is 0 Å². The van der Waals surface area contributed by atoms with Crippen molar-refractivity contribution in [2.24, 2.45) is 23.2 Å². The number of hydrogen-bond acceptors (Lipinski definition) is 3. The Morgan fingerprint density at radius 2 is 1.76 bits per heavy atom. The van der Waals surface area contributed by atoms with E-state index in [-0.39, 0.29) is 24.0 Å². The summed E-state index contributed by atoms with van der Waals surface area (Å²) >= 11 is 0. The largest absolute Gasteiger partial charge is 0.396 e. The third kappa shape index (κ3) is 9.34. The van der Waals surface area contributed by atoms with Gasteiger partial charge >= 0.3 is 0 Å². The summed E-state index contributed by atoms with van der Waals surface area (Å²) in [5.41, 5.74) is 0.161. The van der Waals surface area contributed by atoms with Gasteiger partial charge in [0, 0.05) is 18.9 Å². The molecule has 1 unspecified atom stereocenters. The second-order valence-electron chi connectivity index (χ2n) is 8.80. The molecule has 0 radical (unpaired) electrons. The van der Waals surface area contributed by atoms with Crippen LogP contribution in [0.3, 0.4) is 0 Å². The van der Waals surface area contributed by atoms with Crippen molar-refractivity contribution >= 4 is 5.78 Å². The number of carbonyl (C=O) groups excluding carboxylic acids is 1. The van der Waals surface area contributed by atoms with Gasteiger partial charge in [0.2, 0.25) is 0 Å². The van der Waals surface area contributed by atoms with Gasteiger partial charge in [-0.2, -0.15) is 0 Å². The van der Waals surface area contributed by atoms with Crippen molar-refractivity contribution in [2.45, 2.75) is 118 Å². The lowest BCUT2D eigenvalue weighted by Crippen LogP contribution is -2.38. The highest BCUT2D eigenvalue weighted by molar-refractivity contribution is 5.84. The molecule has 172 valence electrons. The Morgan fingerprint density at radius 1 is 1.10 bits per heavy atom. The number of aliphatic hydroxyl groups is 2. The number of hydrogen-bond donors (Lipinski definition) is 2. The first-order chi connectivity index (χ1) is 14.0. The van der Waals surface area contributed by atoms with Gasteiger partial charge in [-0.25, -0.2) is 0 Å². The van der Waals surface area contributed by atoms with Crippen LogP contribution in [0.15, 0.2) is 12.2 Å². The average Bonchev–Trinajstić information content (AvgIpc) is 2.98. The van der Waals surface area contributed by atoms with Crippen molar-refractivity contribution in [3.63, 3.8) is 0 Å². The molecule has 0 aliphatic heterocycles. The van der Waals surface area contributed by atoms with E-state index >= 15 is 0 Å². The Balaban J connectivity index is 0.00000184. The predicted octanol–water partition coefficient (Wildman–Crippen LogP) is 6.71. The number of allylic oxidation sites excluding steroid dienone is 2. The molecule has 2 saturated carbocycles. The minimum Gasteiger partial charge on any atom is -0.396 e. The summed E-state index contributed by atoms with van der Waals surface area (Å²) < 4.78 is 0. The average molecular weight is 411 g/mol. The highest BCUT2D eigenvalue weighted by Gasteiger charge is 2.40. The lowest BCUT2D eigenvalue weighted by Gasteiger charge is -2.42. The zero-order valence-corrected chi connectivity index (χ0v) is 20.3. The molecule has 2 rings (SSSR count). The molecule has 0 aromatic rings. The highest BCUT2D eigenvalue weighted by Crippen LogP contribution is 2.45. The molecule has 0 spiro atoms. The molecule has 3 nitrogen and oxygen atoms in total. The van der Waals surface area contributed by atoms with Crippen LogP contribution in [0.4, 0.5) is 0 Å². The Hall–Kier alpha value is -0.670. The summed E-state index contributed by atoms with van der Waals surface area (Å²) in [4.78, 5) is 12.4. The molecule has 0 heterocycles. The summed E-state index contributed by atoms with van der Waals surface area (Å²) in [5, 5.41) is 19.2. The first-order valence-electron chi connectivity index (χ1n) is 12.4. The smallest absolute Gasteiger partial charge is 0.136 e. The third-order valence-electron chi connectivity index (χ3n) is 6.84. The summed E-state index contributed by atoms with van der Waals surface area (Å²) in [7, 11) is 0. The standard InChI is InChI=1S/C22H38O3.2C2H6/c1-17-16-20(24)19(10-6-4-3-5-7-15-23)18(17)11-8-12-21(25)22(2)13-9-14-22;2*1-2/h4,6,17-19,21,23,25H,3,5,7-16H2,1-2H3;2*1-2H3/b6-4-;;/t17-,18+,19-,21?;;/m1../s1. The van der Waals surface area contributed by atoms with E-state index < -0.39 is 0 Å². The van der Waals surface area contributed by atoms with E-state index in [1.165, 1.54) is 6.42 Å². The molecule has 0 aromatic heterocycles. The Kier molecular flexibility index (Phi) is 15.7. The monoisotopic (exact) mass is 410 g/mol. The van der Waals surface area contributed by atoms with Crippen LogP contribution in [0.2, 0.25) is 0 Å². The Morgan fingerprint density at radius 3 is 2.31 bits per heavy atom. The lowest BCUT2D eigenvalue weighted by molar-refractivity contribution is -0.121. The summed E-state index contributed by atoms with van der Waals surface area (Å²) in [6.45, 7) is 12.7. The summed E-state index contributed by atoms with van der Waals surface area (Å²) in [6, 6.07) is 0. The van der Waals surface area contributed by atoms with Gasteiger partial charge < -0.3 is 10.2 Å². The summed E-state index contributed by atoms with van der Waals surface area (Å²) in [6.07, 6.45) is 15.2. The molecule has 2 fully saturated rings. The van der Waals surface area contributed by atoms with E-state index in [2.05, 4.69) is 26.0 Å². The van der Waals surface area contributed by atoms with Crippen molar-refractivity contribution in [1.82, 2.24) is 0 Å². The van der Waals surface area contributed by atoms with Crippen LogP contribution < -0.4 is 0 Å².